The smallest absolute Gasteiger partial charge is 0.164 e. The zero-order valence-corrected chi connectivity index (χ0v) is 13.2. The molecule has 0 bridgehead atoms. The lowest BCUT2D eigenvalue weighted by Gasteiger charge is -2.25. The number of aliphatic hydroxyl groups is 1. The average Bonchev–Trinajstić information content (AvgIpc) is 2.41. The summed E-state index contributed by atoms with van der Waals surface area (Å²) in [6.45, 7) is 1.45. The van der Waals surface area contributed by atoms with Crippen molar-refractivity contribution in [3.05, 3.63) is 63.6 Å². The second-order valence-electron chi connectivity index (χ2n) is 5.01. The molecule has 0 aliphatic rings. The normalized spacial score (nSPS) is 13.8. The van der Waals surface area contributed by atoms with Gasteiger partial charge in [-0.05, 0) is 36.8 Å². The molecule has 5 heteroatoms. The Morgan fingerprint density at radius 3 is 2.62 bits per heavy atom. The fraction of sp³-hybridized carbons (Fsp3) is 0.250. The molecule has 1 atom stereocenters. The minimum Gasteiger partial charge on any atom is -0.496 e. The number of benzene rings is 2. The van der Waals surface area contributed by atoms with E-state index in [-0.39, 0.29) is 12.0 Å². The highest BCUT2D eigenvalue weighted by Gasteiger charge is 2.29. The predicted octanol–water partition coefficient (Wildman–Crippen LogP) is 4.19. The van der Waals surface area contributed by atoms with Crippen LogP contribution >= 0.6 is 15.9 Å². The standard InChI is InChI=1S/C16H15BrF2O2/c1-16(20,12-4-3-5-13(18)15(12)19)9-10-8-11(17)6-7-14(10)21-2/h3-8,20H,9H2,1-2H3. The van der Waals surface area contributed by atoms with Crippen molar-refractivity contribution < 1.29 is 18.6 Å². The molecule has 1 N–H and O–H groups in total. The number of ether oxygens (including phenoxy) is 1. The third-order valence-electron chi connectivity index (χ3n) is 3.31. The Labute approximate surface area is 130 Å². The third-order valence-corrected chi connectivity index (χ3v) is 3.80. The monoisotopic (exact) mass is 356 g/mol. The lowest BCUT2D eigenvalue weighted by atomic mass is 9.88. The summed E-state index contributed by atoms with van der Waals surface area (Å²) in [4.78, 5) is 0. The average molecular weight is 357 g/mol. The Balaban J connectivity index is 2.41. The van der Waals surface area contributed by atoms with Gasteiger partial charge in [-0.1, -0.05) is 28.1 Å². The molecular weight excluding hydrogens is 342 g/mol. The van der Waals surface area contributed by atoms with Crippen LogP contribution in [0.5, 0.6) is 5.75 Å². The van der Waals surface area contributed by atoms with E-state index in [1.807, 2.05) is 0 Å². The highest BCUT2D eigenvalue weighted by molar-refractivity contribution is 9.10. The highest BCUT2D eigenvalue weighted by Crippen LogP contribution is 2.33. The molecule has 21 heavy (non-hydrogen) atoms. The predicted molar refractivity (Wildman–Crippen MR) is 80.3 cm³/mol. The molecule has 0 fully saturated rings. The van der Waals surface area contributed by atoms with Crippen molar-refractivity contribution >= 4 is 15.9 Å². The Bertz CT molecular complexity index is 657. The summed E-state index contributed by atoms with van der Waals surface area (Å²) in [5.41, 5.74) is -0.940. The molecule has 0 heterocycles. The van der Waals surface area contributed by atoms with Gasteiger partial charge in [-0.2, -0.15) is 0 Å². The van der Waals surface area contributed by atoms with Crippen molar-refractivity contribution in [2.45, 2.75) is 18.9 Å². The topological polar surface area (TPSA) is 29.5 Å². The van der Waals surface area contributed by atoms with Crippen LogP contribution in [0, 0.1) is 11.6 Å². The zero-order chi connectivity index (χ0) is 15.6. The van der Waals surface area contributed by atoms with Crippen LogP contribution in [0.1, 0.15) is 18.1 Å². The number of hydrogen-bond acceptors (Lipinski definition) is 2. The number of rotatable bonds is 4. The van der Waals surface area contributed by atoms with E-state index in [0.29, 0.717) is 11.3 Å². The van der Waals surface area contributed by atoms with Crippen LogP contribution in [0.15, 0.2) is 40.9 Å². The van der Waals surface area contributed by atoms with Crippen molar-refractivity contribution in [2.24, 2.45) is 0 Å². The quantitative estimate of drug-likeness (QED) is 0.889. The summed E-state index contributed by atoms with van der Waals surface area (Å²) in [7, 11) is 1.52. The first-order valence-electron chi connectivity index (χ1n) is 6.34. The molecule has 0 aromatic heterocycles. The molecule has 2 aromatic rings. The summed E-state index contributed by atoms with van der Waals surface area (Å²) < 4.78 is 33.3. The first-order valence-corrected chi connectivity index (χ1v) is 7.14. The minimum absolute atomic E-state index is 0.0791. The van der Waals surface area contributed by atoms with E-state index in [1.54, 1.807) is 18.2 Å². The number of hydrogen-bond donors (Lipinski definition) is 1. The maximum Gasteiger partial charge on any atom is 0.164 e. The Kier molecular flexibility index (Phi) is 4.64. The number of methoxy groups -OCH3 is 1. The molecular formula is C16H15BrF2O2. The van der Waals surface area contributed by atoms with Crippen LogP contribution in [0.25, 0.3) is 0 Å². The summed E-state index contributed by atoms with van der Waals surface area (Å²) in [5.74, 6) is -1.43. The fourth-order valence-electron chi connectivity index (χ4n) is 2.27. The van der Waals surface area contributed by atoms with Crippen LogP contribution in [-0.4, -0.2) is 12.2 Å². The van der Waals surface area contributed by atoms with E-state index in [1.165, 1.54) is 26.2 Å². The van der Waals surface area contributed by atoms with Crippen LogP contribution in [-0.2, 0) is 12.0 Å². The van der Waals surface area contributed by atoms with E-state index in [2.05, 4.69) is 15.9 Å². The lowest BCUT2D eigenvalue weighted by molar-refractivity contribution is 0.0524. The molecule has 0 amide bonds. The van der Waals surface area contributed by atoms with E-state index >= 15 is 0 Å². The summed E-state index contributed by atoms with van der Waals surface area (Å²) >= 11 is 3.34. The minimum atomic E-state index is -1.56. The van der Waals surface area contributed by atoms with Crippen LogP contribution in [0.4, 0.5) is 8.78 Å². The lowest BCUT2D eigenvalue weighted by Crippen LogP contribution is -2.26. The number of halogens is 3. The van der Waals surface area contributed by atoms with Crippen molar-refractivity contribution in [1.29, 1.82) is 0 Å². The van der Waals surface area contributed by atoms with Gasteiger partial charge in [0.1, 0.15) is 5.75 Å². The van der Waals surface area contributed by atoms with Gasteiger partial charge in [0.2, 0.25) is 0 Å². The van der Waals surface area contributed by atoms with Gasteiger partial charge in [-0.25, -0.2) is 8.78 Å². The molecule has 2 rings (SSSR count). The van der Waals surface area contributed by atoms with Gasteiger partial charge in [0.05, 0.1) is 12.7 Å². The summed E-state index contributed by atoms with van der Waals surface area (Å²) in [6.07, 6.45) is 0.0932. The van der Waals surface area contributed by atoms with Crippen molar-refractivity contribution in [2.75, 3.05) is 7.11 Å². The van der Waals surface area contributed by atoms with Crippen molar-refractivity contribution in [3.63, 3.8) is 0 Å². The van der Waals surface area contributed by atoms with Crippen LogP contribution in [0.2, 0.25) is 0 Å². The largest absolute Gasteiger partial charge is 0.496 e. The van der Waals surface area contributed by atoms with E-state index in [4.69, 9.17) is 4.74 Å². The highest BCUT2D eigenvalue weighted by atomic mass is 79.9. The van der Waals surface area contributed by atoms with Crippen molar-refractivity contribution in [1.82, 2.24) is 0 Å². The van der Waals surface area contributed by atoms with Gasteiger partial charge in [-0.15, -0.1) is 0 Å². The first kappa shape index (κ1) is 15.9. The molecule has 0 saturated carbocycles. The maximum atomic E-state index is 13.9. The SMILES string of the molecule is COc1ccc(Br)cc1CC(C)(O)c1cccc(F)c1F. The molecule has 0 aliphatic heterocycles. The molecule has 0 saturated heterocycles. The van der Waals surface area contributed by atoms with Gasteiger partial charge >= 0.3 is 0 Å². The van der Waals surface area contributed by atoms with Gasteiger partial charge in [0, 0.05) is 16.5 Å². The van der Waals surface area contributed by atoms with E-state index in [9.17, 15) is 13.9 Å². The fourth-order valence-corrected chi connectivity index (χ4v) is 2.68. The second kappa shape index (κ2) is 6.12. The Hall–Kier alpha value is -1.46. The van der Waals surface area contributed by atoms with Gasteiger partial charge in [-0.3, -0.25) is 0 Å². The van der Waals surface area contributed by atoms with Crippen LogP contribution < -0.4 is 4.74 Å². The molecule has 2 nitrogen and oxygen atoms in total. The molecule has 112 valence electrons. The molecule has 1 unspecified atom stereocenters. The summed E-state index contributed by atoms with van der Waals surface area (Å²) in [6, 6.07) is 9.11. The van der Waals surface area contributed by atoms with Gasteiger partial charge in [0.25, 0.3) is 0 Å². The molecule has 0 spiro atoms. The molecule has 2 aromatic carbocycles. The zero-order valence-electron chi connectivity index (χ0n) is 11.7. The summed E-state index contributed by atoms with van der Waals surface area (Å²) in [5, 5.41) is 10.6. The second-order valence-corrected chi connectivity index (χ2v) is 5.92. The maximum absolute atomic E-state index is 13.9. The Morgan fingerprint density at radius 1 is 1.24 bits per heavy atom. The van der Waals surface area contributed by atoms with Gasteiger partial charge < -0.3 is 9.84 Å². The van der Waals surface area contributed by atoms with E-state index < -0.39 is 17.2 Å². The van der Waals surface area contributed by atoms with E-state index in [0.717, 1.165) is 10.5 Å². The van der Waals surface area contributed by atoms with Gasteiger partial charge in [0.15, 0.2) is 11.6 Å². The Morgan fingerprint density at radius 2 is 1.95 bits per heavy atom. The van der Waals surface area contributed by atoms with Crippen molar-refractivity contribution in [3.8, 4) is 5.75 Å². The first-order chi connectivity index (χ1) is 9.85. The molecule has 0 radical (unpaired) electrons. The van der Waals surface area contributed by atoms with Crippen LogP contribution in [0.3, 0.4) is 0 Å². The third kappa shape index (κ3) is 3.41. The molecule has 0 aliphatic carbocycles.